The fraction of sp³-hybridized carbons (Fsp3) is 0.286. The molecule has 150 valence electrons. The molecule has 4 rings (SSSR count). The minimum absolute atomic E-state index is 0.195. The molecule has 3 heterocycles. The average molecular weight is 413 g/mol. The molecule has 3 aromatic rings. The average Bonchev–Trinajstić information content (AvgIpc) is 3.33. The van der Waals surface area contributed by atoms with Gasteiger partial charge in [0.05, 0.1) is 17.8 Å². The first kappa shape index (κ1) is 19.4. The molecule has 0 aliphatic carbocycles. The summed E-state index contributed by atoms with van der Waals surface area (Å²) in [5.41, 5.74) is 1.96. The van der Waals surface area contributed by atoms with Gasteiger partial charge in [0.2, 0.25) is 5.91 Å². The summed E-state index contributed by atoms with van der Waals surface area (Å²) in [6.45, 7) is 0.772. The topological polar surface area (TPSA) is 98.3 Å². The van der Waals surface area contributed by atoms with Crippen LogP contribution in [0.25, 0.3) is 10.9 Å². The highest BCUT2D eigenvalue weighted by Gasteiger charge is 2.31. The Bertz CT molecular complexity index is 1040. The van der Waals surface area contributed by atoms with Crippen LogP contribution in [-0.4, -0.2) is 57.0 Å². The van der Waals surface area contributed by atoms with Crippen molar-refractivity contribution in [1.82, 2.24) is 20.2 Å². The first-order valence-electron chi connectivity index (χ1n) is 9.45. The summed E-state index contributed by atoms with van der Waals surface area (Å²) < 4.78 is 0. The van der Waals surface area contributed by atoms with Crippen molar-refractivity contribution in [3.8, 4) is 0 Å². The highest BCUT2D eigenvalue weighted by Crippen LogP contribution is 2.18. The second kappa shape index (κ2) is 8.23. The van der Waals surface area contributed by atoms with Crippen LogP contribution in [0.5, 0.6) is 0 Å². The Morgan fingerprint density at radius 1 is 1.31 bits per heavy atom. The molecule has 0 unspecified atom stereocenters. The van der Waals surface area contributed by atoms with Crippen molar-refractivity contribution in [2.24, 2.45) is 0 Å². The van der Waals surface area contributed by atoms with Gasteiger partial charge in [-0.05, 0) is 24.1 Å². The van der Waals surface area contributed by atoms with Gasteiger partial charge in [0.1, 0.15) is 16.9 Å². The van der Waals surface area contributed by atoms with Crippen molar-refractivity contribution in [2.75, 3.05) is 13.1 Å². The van der Waals surface area contributed by atoms with Crippen LogP contribution in [-0.2, 0) is 11.2 Å². The zero-order valence-corrected chi connectivity index (χ0v) is 16.4. The van der Waals surface area contributed by atoms with Crippen molar-refractivity contribution >= 4 is 34.3 Å². The smallest absolute Gasteiger partial charge is 0.268 e. The van der Waals surface area contributed by atoms with Gasteiger partial charge >= 0.3 is 0 Å². The molecule has 7 nitrogen and oxygen atoms in total. The molecule has 0 radical (unpaired) electrons. The second-order valence-electron chi connectivity index (χ2n) is 7.22. The minimum atomic E-state index is -0.733. The number of aromatic amines is 1. The number of likely N-dealkylation sites (tertiary alicyclic amines) is 1. The number of nitrogens with one attached hydrogen (secondary N) is 2. The molecular formula is C21H21ClN4O3. The van der Waals surface area contributed by atoms with Gasteiger partial charge in [0, 0.05) is 24.9 Å². The standard InChI is InChI=1S/C21H21ClN4O3/c22-19-10-14-9-16(24-18(14)11-23-19)20(28)25-17(8-13-4-2-1-3-5-13)21(29)26-7-6-15(27)12-26/h1-5,9-11,15,17,24,27H,6-8,12H2,(H,25,28)/t15-,17-/m0/s1. The SMILES string of the molecule is O=C(N[C@@H](Cc1ccccc1)C(=O)N1CC[C@H](O)C1)c1cc2cc(Cl)ncc2[nH]1. The van der Waals surface area contributed by atoms with Crippen molar-refractivity contribution in [2.45, 2.75) is 25.0 Å². The molecule has 2 amide bonds. The van der Waals surface area contributed by atoms with Crippen molar-refractivity contribution in [3.63, 3.8) is 0 Å². The summed E-state index contributed by atoms with van der Waals surface area (Å²) >= 11 is 5.91. The van der Waals surface area contributed by atoms with Gasteiger partial charge in [0.15, 0.2) is 0 Å². The maximum absolute atomic E-state index is 13.0. The number of aliphatic hydroxyl groups excluding tert-OH is 1. The van der Waals surface area contributed by atoms with Crippen LogP contribution in [0.2, 0.25) is 5.15 Å². The number of hydrogen-bond donors (Lipinski definition) is 3. The van der Waals surface area contributed by atoms with E-state index >= 15 is 0 Å². The largest absolute Gasteiger partial charge is 0.391 e. The van der Waals surface area contributed by atoms with Crippen LogP contribution in [0.1, 0.15) is 22.5 Å². The Kier molecular flexibility index (Phi) is 5.51. The van der Waals surface area contributed by atoms with Gasteiger partial charge in [0.25, 0.3) is 5.91 Å². The number of halogens is 1. The van der Waals surface area contributed by atoms with E-state index in [1.54, 1.807) is 23.2 Å². The number of benzene rings is 1. The van der Waals surface area contributed by atoms with E-state index in [0.29, 0.717) is 35.8 Å². The Hall–Kier alpha value is -2.90. The molecule has 29 heavy (non-hydrogen) atoms. The lowest BCUT2D eigenvalue weighted by molar-refractivity contribution is -0.132. The predicted molar refractivity (Wildman–Crippen MR) is 110 cm³/mol. The van der Waals surface area contributed by atoms with Crippen LogP contribution in [0.3, 0.4) is 0 Å². The molecule has 1 aromatic carbocycles. The maximum atomic E-state index is 13.0. The molecule has 1 fully saturated rings. The minimum Gasteiger partial charge on any atom is -0.391 e. The van der Waals surface area contributed by atoms with E-state index in [-0.39, 0.29) is 18.4 Å². The number of carbonyl (C=O) groups excluding carboxylic acids is 2. The fourth-order valence-electron chi connectivity index (χ4n) is 3.58. The van der Waals surface area contributed by atoms with Crippen LogP contribution in [0, 0.1) is 0 Å². The number of aromatic nitrogens is 2. The predicted octanol–water partition coefficient (Wildman–Crippen LogP) is 2.15. The summed E-state index contributed by atoms with van der Waals surface area (Å²) in [5, 5.41) is 13.7. The van der Waals surface area contributed by atoms with E-state index in [1.165, 1.54) is 0 Å². The molecule has 2 atom stereocenters. The van der Waals surface area contributed by atoms with Crippen molar-refractivity contribution in [1.29, 1.82) is 0 Å². The van der Waals surface area contributed by atoms with Gasteiger partial charge in [-0.2, -0.15) is 0 Å². The molecule has 1 aliphatic rings. The normalized spacial score (nSPS) is 17.4. The van der Waals surface area contributed by atoms with E-state index in [2.05, 4.69) is 15.3 Å². The highest BCUT2D eigenvalue weighted by molar-refractivity contribution is 6.30. The van der Waals surface area contributed by atoms with Gasteiger partial charge < -0.3 is 20.3 Å². The van der Waals surface area contributed by atoms with E-state index in [9.17, 15) is 14.7 Å². The zero-order chi connectivity index (χ0) is 20.4. The number of amides is 2. The Labute approximate surface area is 172 Å². The summed E-state index contributed by atoms with van der Waals surface area (Å²) in [7, 11) is 0. The van der Waals surface area contributed by atoms with E-state index < -0.39 is 12.1 Å². The molecule has 8 heteroatoms. The first-order chi connectivity index (χ1) is 14.0. The number of carbonyl (C=O) groups is 2. The molecule has 1 aliphatic heterocycles. The zero-order valence-electron chi connectivity index (χ0n) is 15.6. The van der Waals surface area contributed by atoms with Gasteiger partial charge in [-0.15, -0.1) is 0 Å². The van der Waals surface area contributed by atoms with E-state index in [0.717, 1.165) is 10.9 Å². The van der Waals surface area contributed by atoms with Crippen molar-refractivity contribution < 1.29 is 14.7 Å². The number of β-amino-alcohol motifs (C(OH)–C–C–N with tert-alkyl or cyclic N) is 1. The van der Waals surface area contributed by atoms with Crippen molar-refractivity contribution in [3.05, 3.63) is 65.1 Å². The lowest BCUT2D eigenvalue weighted by atomic mass is 10.0. The third-order valence-electron chi connectivity index (χ3n) is 5.08. The molecule has 0 spiro atoms. The lowest BCUT2D eigenvalue weighted by Gasteiger charge is -2.24. The van der Waals surface area contributed by atoms with Crippen LogP contribution in [0.4, 0.5) is 0 Å². The van der Waals surface area contributed by atoms with Crippen LogP contribution < -0.4 is 5.32 Å². The Morgan fingerprint density at radius 2 is 2.10 bits per heavy atom. The lowest BCUT2D eigenvalue weighted by Crippen LogP contribution is -2.49. The molecule has 3 N–H and O–H groups in total. The Morgan fingerprint density at radius 3 is 2.83 bits per heavy atom. The molecule has 1 saturated heterocycles. The number of H-pyrrole nitrogens is 1. The number of aliphatic hydroxyl groups is 1. The summed E-state index contributed by atoms with van der Waals surface area (Å²) in [4.78, 5) is 34.5. The van der Waals surface area contributed by atoms with Crippen LogP contribution >= 0.6 is 11.6 Å². The number of nitrogens with zero attached hydrogens (tertiary/aromatic N) is 2. The number of rotatable bonds is 5. The third-order valence-corrected chi connectivity index (χ3v) is 5.28. The fourth-order valence-corrected chi connectivity index (χ4v) is 3.74. The monoisotopic (exact) mass is 412 g/mol. The number of hydrogen-bond acceptors (Lipinski definition) is 4. The summed E-state index contributed by atoms with van der Waals surface area (Å²) in [6, 6.07) is 12.1. The van der Waals surface area contributed by atoms with Gasteiger partial charge in [-0.25, -0.2) is 4.98 Å². The second-order valence-corrected chi connectivity index (χ2v) is 7.61. The summed E-state index contributed by atoms with van der Waals surface area (Å²) in [5.74, 6) is -0.578. The molecular weight excluding hydrogens is 392 g/mol. The quantitative estimate of drug-likeness (QED) is 0.559. The molecule has 0 saturated carbocycles. The summed E-state index contributed by atoms with van der Waals surface area (Å²) in [6.07, 6.45) is 1.96. The van der Waals surface area contributed by atoms with E-state index in [1.807, 2.05) is 30.3 Å². The van der Waals surface area contributed by atoms with Gasteiger partial charge in [-0.3, -0.25) is 9.59 Å². The van der Waals surface area contributed by atoms with E-state index in [4.69, 9.17) is 11.6 Å². The highest BCUT2D eigenvalue weighted by atomic mass is 35.5. The molecule has 2 aromatic heterocycles. The first-order valence-corrected chi connectivity index (χ1v) is 9.83. The number of pyridine rings is 1. The van der Waals surface area contributed by atoms with Gasteiger partial charge in [-0.1, -0.05) is 41.9 Å². The van der Waals surface area contributed by atoms with Crippen LogP contribution in [0.15, 0.2) is 48.7 Å². The molecule has 0 bridgehead atoms. The maximum Gasteiger partial charge on any atom is 0.268 e. The Balaban J connectivity index is 1.56. The number of fused-ring (bicyclic) bond motifs is 1. The third kappa shape index (κ3) is 4.41.